The molecule has 4 heteroatoms. The molecule has 1 aliphatic carbocycles. The van der Waals surface area contributed by atoms with Crippen LogP contribution in [-0.2, 0) is 11.2 Å². The molecule has 1 aromatic rings. The fourth-order valence-corrected chi connectivity index (χ4v) is 2.96. The molecule has 0 aromatic heterocycles. The van der Waals surface area contributed by atoms with Gasteiger partial charge in [-0.1, -0.05) is 6.92 Å². The van der Waals surface area contributed by atoms with Gasteiger partial charge in [-0.15, -0.1) is 0 Å². The summed E-state index contributed by atoms with van der Waals surface area (Å²) in [7, 11) is 0. The topological polar surface area (TPSA) is 30.5 Å². The van der Waals surface area contributed by atoms with E-state index in [0.29, 0.717) is 12.5 Å². The molecule has 2 atom stereocenters. The van der Waals surface area contributed by atoms with Crippen LogP contribution in [0.2, 0.25) is 0 Å². The van der Waals surface area contributed by atoms with Crippen molar-refractivity contribution >= 4 is 0 Å². The number of nitrogens with one attached hydrogen (secondary N) is 1. The highest BCUT2D eigenvalue weighted by Gasteiger charge is 2.26. The summed E-state index contributed by atoms with van der Waals surface area (Å²) in [6, 6.07) is 3.28. The lowest BCUT2D eigenvalue weighted by Gasteiger charge is -2.24. The lowest BCUT2D eigenvalue weighted by Crippen LogP contribution is -2.41. The van der Waals surface area contributed by atoms with E-state index in [4.69, 9.17) is 9.47 Å². The number of hydrogen-bond donors (Lipinski definition) is 1. The first-order valence-corrected chi connectivity index (χ1v) is 7.02. The first-order valence-electron chi connectivity index (χ1n) is 7.02. The van der Waals surface area contributed by atoms with Crippen molar-refractivity contribution < 1.29 is 13.9 Å². The second-order valence-corrected chi connectivity index (χ2v) is 5.39. The minimum atomic E-state index is -0.0945. The molecule has 104 valence electrons. The molecule has 0 amide bonds. The zero-order chi connectivity index (χ0) is 13.2. The van der Waals surface area contributed by atoms with E-state index in [0.717, 1.165) is 49.4 Å². The molecule has 1 N–H and O–H groups in total. The van der Waals surface area contributed by atoms with E-state index in [1.54, 1.807) is 6.07 Å². The van der Waals surface area contributed by atoms with Gasteiger partial charge in [0.2, 0.25) is 0 Å². The van der Waals surface area contributed by atoms with Gasteiger partial charge in [-0.05, 0) is 36.5 Å². The Morgan fingerprint density at radius 3 is 3.16 bits per heavy atom. The monoisotopic (exact) mass is 265 g/mol. The van der Waals surface area contributed by atoms with Crippen LogP contribution in [0.1, 0.15) is 30.4 Å². The summed E-state index contributed by atoms with van der Waals surface area (Å²) in [6.45, 7) is 5.05. The Hall–Kier alpha value is -1.13. The zero-order valence-corrected chi connectivity index (χ0v) is 11.2. The molecule has 1 fully saturated rings. The lowest BCUT2D eigenvalue weighted by atomic mass is 10.0. The molecular formula is C15H20FNO2. The first kappa shape index (κ1) is 12.9. The molecule has 3 nitrogen and oxygen atoms in total. The molecule has 2 unspecified atom stereocenters. The molecule has 1 heterocycles. The standard InChI is InChI=1S/C15H20FNO2/c1-10-2-3-12-14(5-4-13(16)15(10)12)19-9-11-8-17-6-7-18-11/h4-5,10-11,17H,2-3,6-9H2,1H3. The Labute approximate surface area is 113 Å². The van der Waals surface area contributed by atoms with Gasteiger partial charge in [-0.2, -0.15) is 0 Å². The predicted molar refractivity (Wildman–Crippen MR) is 71.2 cm³/mol. The van der Waals surface area contributed by atoms with Crippen LogP contribution in [0.15, 0.2) is 12.1 Å². The molecule has 0 saturated carbocycles. The second kappa shape index (κ2) is 5.47. The van der Waals surface area contributed by atoms with Gasteiger partial charge in [-0.3, -0.25) is 0 Å². The summed E-state index contributed by atoms with van der Waals surface area (Å²) in [5, 5.41) is 3.27. The van der Waals surface area contributed by atoms with Crippen LogP contribution in [-0.4, -0.2) is 32.4 Å². The quantitative estimate of drug-likeness (QED) is 0.909. The van der Waals surface area contributed by atoms with E-state index in [9.17, 15) is 4.39 Å². The number of hydrogen-bond acceptors (Lipinski definition) is 3. The Bertz CT molecular complexity index is 458. The van der Waals surface area contributed by atoms with E-state index in [1.807, 2.05) is 0 Å². The van der Waals surface area contributed by atoms with Crippen molar-refractivity contribution in [2.45, 2.75) is 31.8 Å². The maximum absolute atomic E-state index is 13.8. The Morgan fingerprint density at radius 1 is 1.47 bits per heavy atom. The van der Waals surface area contributed by atoms with Gasteiger partial charge in [0.05, 0.1) is 6.61 Å². The second-order valence-electron chi connectivity index (χ2n) is 5.39. The van der Waals surface area contributed by atoms with Crippen molar-refractivity contribution in [3.63, 3.8) is 0 Å². The maximum atomic E-state index is 13.8. The van der Waals surface area contributed by atoms with Crippen LogP contribution >= 0.6 is 0 Å². The largest absolute Gasteiger partial charge is 0.491 e. The number of fused-ring (bicyclic) bond motifs is 1. The van der Waals surface area contributed by atoms with Crippen LogP contribution in [0, 0.1) is 5.82 Å². The minimum Gasteiger partial charge on any atom is -0.491 e. The fraction of sp³-hybridized carbons (Fsp3) is 0.600. The van der Waals surface area contributed by atoms with Crippen LogP contribution in [0.4, 0.5) is 4.39 Å². The molecule has 1 aromatic carbocycles. The summed E-state index contributed by atoms with van der Waals surface area (Å²) in [5.41, 5.74) is 1.90. The SMILES string of the molecule is CC1CCc2c(OCC3CNCCO3)ccc(F)c21. The van der Waals surface area contributed by atoms with Gasteiger partial charge < -0.3 is 14.8 Å². The first-order chi connectivity index (χ1) is 9.25. The van der Waals surface area contributed by atoms with Crippen molar-refractivity contribution in [1.82, 2.24) is 5.32 Å². The smallest absolute Gasteiger partial charge is 0.127 e. The number of morpholine rings is 1. The van der Waals surface area contributed by atoms with Crippen molar-refractivity contribution in [2.75, 3.05) is 26.3 Å². The van der Waals surface area contributed by atoms with Crippen molar-refractivity contribution in [1.29, 1.82) is 0 Å². The Morgan fingerprint density at radius 2 is 2.37 bits per heavy atom. The molecule has 3 rings (SSSR count). The normalized spacial score (nSPS) is 26.2. The number of ether oxygens (including phenoxy) is 2. The average molecular weight is 265 g/mol. The zero-order valence-electron chi connectivity index (χ0n) is 11.2. The summed E-state index contributed by atoms with van der Waals surface area (Å²) in [5.74, 6) is 1.03. The molecule has 2 aliphatic rings. The molecule has 1 saturated heterocycles. The van der Waals surface area contributed by atoms with Gasteiger partial charge in [0.25, 0.3) is 0 Å². The molecule has 0 bridgehead atoms. The van der Waals surface area contributed by atoms with Gasteiger partial charge in [0.1, 0.15) is 24.3 Å². The lowest BCUT2D eigenvalue weighted by molar-refractivity contribution is 0.0000133. The van der Waals surface area contributed by atoms with Gasteiger partial charge in [0.15, 0.2) is 0 Å². The number of halogens is 1. The number of benzene rings is 1. The summed E-state index contributed by atoms with van der Waals surface area (Å²) in [4.78, 5) is 0. The van der Waals surface area contributed by atoms with E-state index in [2.05, 4.69) is 12.2 Å². The highest BCUT2D eigenvalue weighted by Crippen LogP contribution is 2.39. The highest BCUT2D eigenvalue weighted by atomic mass is 19.1. The van der Waals surface area contributed by atoms with E-state index in [1.165, 1.54) is 6.07 Å². The van der Waals surface area contributed by atoms with Crippen molar-refractivity contribution in [3.05, 3.63) is 29.1 Å². The predicted octanol–water partition coefficient (Wildman–Crippen LogP) is 2.24. The van der Waals surface area contributed by atoms with Crippen LogP contribution in [0.3, 0.4) is 0 Å². The van der Waals surface area contributed by atoms with Crippen molar-refractivity contribution in [3.8, 4) is 5.75 Å². The van der Waals surface area contributed by atoms with Gasteiger partial charge in [0, 0.05) is 18.7 Å². The Balaban J connectivity index is 1.71. The average Bonchev–Trinajstić information content (AvgIpc) is 2.83. The third-order valence-electron chi connectivity index (χ3n) is 4.01. The van der Waals surface area contributed by atoms with Crippen molar-refractivity contribution in [2.24, 2.45) is 0 Å². The summed E-state index contributed by atoms with van der Waals surface area (Å²) < 4.78 is 25.3. The molecule has 1 aliphatic heterocycles. The third kappa shape index (κ3) is 2.60. The van der Waals surface area contributed by atoms with Crippen LogP contribution in [0.25, 0.3) is 0 Å². The van der Waals surface area contributed by atoms with E-state index >= 15 is 0 Å². The minimum absolute atomic E-state index is 0.0910. The highest BCUT2D eigenvalue weighted by molar-refractivity contribution is 5.46. The van der Waals surface area contributed by atoms with E-state index < -0.39 is 0 Å². The maximum Gasteiger partial charge on any atom is 0.127 e. The molecule has 0 spiro atoms. The molecule has 0 radical (unpaired) electrons. The Kier molecular flexibility index (Phi) is 3.71. The fourth-order valence-electron chi connectivity index (χ4n) is 2.96. The van der Waals surface area contributed by atoms with Gasteiger partial charge in [-0.25, -0.2) is 4.39 Å². The third-order valence-corrected chi connectivity index (χ3v) is 4.01. The van der Waals surface area contributed by atoms with Crippen LogP contribution < -0.4 is 10.1 Å². The summed E-state index contributed by atoms with van der Waals surface area (Å²) in [6.07, 6.45) is 2.01. The summed E-state index contributed by atoms with van der Waals surface area (Å²) >= 11 is 0. The molecule has 19 heavy (non-hydrogen) atoms. The van der Waals surface area contributed by atoms with Crippen LogP contribution in [0.5, 0.6) is 5.75 Å². The van der Waals surface area contributed by atoms with Gasteiger partial charge >= 0.3 is 0 Å². The number of rotatable bonds is 3. The van der Waals surface area contributed by atoms with E-state index in [-0.39, 0.29) is 11.9 Å². The molecular weight excluding hydrogens is 245 g/mol.